The van der Waals surface area contributed by atoms with Gasteiger partial charge in [-0.25, -0.2) is 16.8 Å². The van der Waals surface area contributed by atoms with Crippen LogP contribution in [-0.4, -0.2) is 16.8 Å². The lowest BCUT2D eigenvalue weighted by molar-refractivity contribution is 0.590. The highest BCUT2D eigenvalue weighted by molar-refractivity contribution is 8.01. The molecule has 6 aromatic rings. The van der Waals surface area contributed by atoms with Crippen LogP contribution in [0.3, 0.4) is 0 Å². The first-order chi connectivity index (χ1) is 25.6. The Morgan fingerprint density at radius 2 is 0.741 bits per heavy atom. The lowest BCUT2D eigenvalue weighted by Gasteiger charge is -2.19. The Morgan fingerprint density at radius 3 is 1.09 bits per heavy atom. The van der Waals surface area contributed by atoms with Gasteiger partial charge in [0, 0.05) is 33.4 Å². The minimum absolute atomic E-state index is 0.0423. The van der Waals surface area contributed by atoms with Gasteiger partial charge in [-0.05, 0) is 102 Å². The number of fused-ring (bicyclic) bond motifs is 9. The molecule has 4 nitrogen and oxygen atoms in total. The summed E-state index contributed by atoms with van der Waals surface area (Å²) in [4.78, 5) is 1.35. The monoisotopic (exact) mass is 742 g/mol. The second kappa shape index (κ2) is 10.7. The molecule has 2 heterocycles. The number of hydrogen-bond acceptors (Lipinski definition) is 4. The highest BCUT2D eigenvalue weighted by Crippen LogP contribution is 2.54. The summed E-state index contributed by atoms with van der Waals surface area (Å²) in [5.41, 5.74) is 10.2. The van der Waals surface area contributed by atoms with E-state index in [9.17, 15) is 16.8 Å². The number of sulfone groups is 2. The molecule has 266 valence electrons. The van der Waals surface area contributed by atoms with E-state index in [1.54, 1.807) is 24.3 Å². The largest absolute Gasteiger partial charge is 0.218 e. The van der Waals surface area contributed by atoms with Crippen LogP contribution in [0.1, 0.15) is 86.1 Å². The highest BCUT2D eigenvalue weighted by atomic mass is 32.2. The van der Waals surface area contributed by atoms with Crippen LogP contribution in [0.4, 0.5) is 0 Å². The van der Waals surface area contributed by atoms with Crippen LogP contribution >= 0.6 is 0 Å². The van der Waals surface area contributed by atoms with Crippen LogP contribution in [0.25, 0.3) is 42.9 Å². The molecule has 6 aromatic carbocycles. The molecule has 0 saturated carbocycles. The van der Waals surface area contributed by atoms with Crippen molar-refractivity contribution >= 4 is 62.5 Å². The molecule has 0 amide bonds. The molecule has 2 aliphatic heterocycles. The fraction of sp³-hybridized carbons (Fsp3) is 0.167. The minimum Gasteiger partial charge on any atom is -0.218 e. The summed E-state index contributed by atoms with van der Waals surface area (Å²) < 4.78 is 57.7. The van der Waals surface area contributed by atoms with Crippen molar-refractivity contribution in [2.24, 2.45) is 0 Å². The molecular formula is C48H38O4S2. The molecule has 0 unspecified atom stereocenters. The van der Waals surface area contributed by atoms with Crippen molar-refractivity contribution in [2.45, 2.75) is 62.2 Å². The molecule has 4 aliphatic rings. The standard InChI is InChI=1S/C48H38O4S2/c1-47(2,3)31-19-15-27(16-20-31)41-35-23-29-26-38-36(24-30(29)25-37(35)45-43(41)33-11-7-9-13-39(33)53(45,49)50)42(28-17-21-32(22-18-28)48(4,5)6)44-34-12-8-10-14-40(34)54(51,52)46(38)44/h7-26H,1-6H3. The van der Waals surface area contributed by atoms with E-state index in [0.29, 0.717) is 41.9 Å². The summed E-state index contributed by atoms with van der Waals surface area (Å²) in [6.07, 6.45) is 0. The lowest BCUT2D eigenvalue weighted by Crippen LogP contribution is -2.16. The third-order valence-electron chi connectivity index (χ3n) is 11.6. The maximum absolute atomic E-state index is 14.4. The molecule has 0 bridgehead atoms. The average molecular weight is 743 g/mol. The van der Waals surface area contributed by atoms with E-state index in [1.165, 1.54) is 11.1 Å². The van der Waals surface area contributed by atoms with Gasteiger partial charge in [0.15, 0.2) is 0 Å². The molecule has 0 N–H and O–H groups in total. The van der Waals surface area contributed by atoms with Crippen molar-refractivity contribution in [2.75, 3.05) is 0 Å². The normalized spacial score (nSPS) is 17.4. The Labute approximate surface area is 316 Å². The SMILES string of the molecule is CC(C)(C)c1ccc(C2=c3cc4cc5c(cc4cc3C3=C2c2ccccc2S3(=O)=O)=C(c2ccc(C(C)(C)C)cc2)C2=C5S(=O)(=O)c3ccccc32)cc1. The van der Waals surface area contributed by atoms with E-state index in [1.807, 2.05) is 36.4 Å². The molecule has 0 aromatic heterocycles. The van der Waals surface area contributed by atoms with E-state index in [2.05, 4.69) is 102 Å². The molecule has 0 fully saturated rings. The first-order valence-corrected chi connectivity index (χ1v) is 21.3. The summed E-state index contributed by atoms with van der Waals surface area (Å²) in [5.74, 6) is 0. The van der Waals surface area contributed by atoms with Crippen molar-refractivity contribution in [1.29, 1.82) is 0 Å². The van der Waals surface area contributed by atoms with Crippen LogP contribution in [0.15, 0.2) is 131 Å². The van der Waals surface area contributed by atoms with Gasteiger partial charge in [-0.3, -0.25) is 0 Å². The van der Waals surface area contributed by atoms with Gasteiger partial charge in [0.25, 0.3) is 0 Å². The molecule has 2 aliphatic carbocycles. The molecule has 54 heavy (non-hydrogen) atoms. The molecule has 10 rings (SSSR count). The Kier molecular flexibility index (Phi) is 6.58. The number of hydrogen-bond donors (Lipinski definition) is 0. The second-order valence-electron chi connectivity index (χ2n) is 17.0. The fourth-order valence-corrected chi connectivity index (χ4v) is 12.6. The van der Waals surface area contributed by atoms with Gasteiger partial charge >= 0.3 is 0 Å². The van der Waals surface area contributed by atoms with Crippen LogP contribution in [0.2, 0.25) is 0 Å². The lowest BCUT2D eigenvalue weighted by atomic mass is 9.85. The van der Waals surface area contributed by atoms with Gasteiger partial charge in [-0.2, -0.15) is 0 Å². The van der Waals surface area contributed by atoms with Crippen LogP contribution in [-0.2, 0) is 30.5 Å². The maximum atomic E-state index is 14.4. The van der Waals surface area contributed by atoms with Gasteiger partial charge in [-0.15, -0.1) is 0 Å². The predicted molar refractivity (Wildman–Crippen MR) is 219 cm³/mol. The zero-order valence-electron chi connectivity index (χ0n) is 31.0. The van der Waals surface area contributed by atoms with E-state index in [0.717, 1.165) is 54.6 Å². The zero-order valence-corrected chi connectivity index (χ0v) is 32.6. The fourth-order valence-electron chi connectivity index (χ4n) is 8.89. The van der Waals surface area contributed by atoms with E-state index >= 15 is 0 Å². The van der Waals surface area contributed by atoms with Gasteiger partial charge in [0.2, 0.25) is 19.7 Å². The van der Waals surface area contributed by atoms with Gasteiger partial charge in [0.1, 0.15) is 0 Å². The predicted octanol–water partition coefficient (Wildman–Crippen LogP) is 9.17. The summed E-state index contributed by atoms with van der Waals surface area (Å²) >= 11 is 0. The Balaban J connectivity index is 1.29. The Morgan fingerprint density at radius 1 is 0.389 bits per heavy atom. The van der Waals surface area contributed by atoms with Crippen molar-refractivity contribution in [3.8, 4) is 0 Å². The van der Waals surface area contributed by atoms with Crippen LogP contribution in [0.5, 0.6) is 0 Å². The van der Waals surface area contributed by atoms with Gasteiger partial charge in [0.05, 0.1) is 19.6 Å². The summed E-state index contributed by atoms with van der Waals surface area (Å²) in [7, 11) is -7.63. The third kappa shape index (κ3) is 4.41. The maximum Gasteiger partial charge on any atom is 0.208 e. The van der Waals surface area contributed by atoms with E-state index in [4.69, 9.17) is 0 Å². The zero-order chi connectivity index (χ0) is 37.7. The van der Waals surface area contributed by atoms with Crippen molar-refractivity contribution < 1.29 is 16.8 Å². The van der Waals surface area contributed by atoms with Gasteiger partial charge < -0.3 is 0 Å². The van der Waals surface area contributed by atoms with E-state index in [-0.39, 0.29) is 10.8 Å². The minimum atomic E-state index is -3.81. The Hall–Kier alpha value is -5.30. The summed E-state index contributed by atoms with van der Waals surface area (Å²) in [5, 5.41) is 3.37. The van der Waals surface area contributed by atoms with E-state index < -0.39 is 19.7 Å². The number of allylic oxidation sites excluding steroid dienone is 2. The molecule has 0 atom stereocenters. The first-order valence-electron chi connectivity index (χ1n) is 18.3. The first kappa shape index (κ1) is 33.3. The van der Waals surface area contributed by atoms with Crippen molar-refractivity contribution in [1.82, 2.24) is 0 Å². The third-order valence-corrected chi connectivity index (χ3v) is 15.4. The average Bonchev–Trinajstić information content (AvgIpc) is 3.79. The Bertz CT molecular complexity index is 2930. The van der Waals surface area contributed by atoms with Gasteiger partial charge in [-0.1, -0.05) is 126 Å². The summed E-state index contributed by atoms with van der Waals surface area (Å²) in [6, 6.07) is 39.6. The molecular weight excluding hydrogens is 705 g/mol. The topological polar surface area (TPSA) is 68.3 Å². The van der Waals surface area contributed by atoms with Crippen LogP contribution in [0, 0.1) is 0 Å². The second-order valence-corrected chi connectivity index (χ2v) is 20.7. The smallest absolute Gasteiger partial charge is 0.208 e. The molecule has 0 saturated heterocycles. The summed E-state index contributed by atoms with van der Waals surface area (Å²) in [6.45, 7) is 13.1. The van der Waals surface area contributed by atoms with Crippen molar-refractivity contribution in [3.05, 3.63) is 176 Å². The molecule has 0 spiro atoms. The number of rotatable bonds is 2. The van der Waals surface area contributed by atoms with Crippen LogP contribution < -0.4 is 10.4 Å². The highest BCUT2D eigenvalue weighted by Gasteiger charge is 2.44. The quantitative estimate of drug-likeness (QED) is 0.178. The molecule has 6 heteroatoms. The molecule has 0 radical (unpaired) electrons. The number of benzene rings is 6. The van der Waals surface area contributed by atoms with Crippen molar-refractivity contribution in [3.63, 3.8) is 0 Å².